The van der Waals surface area contributed by atoms with Gasteiger partial charge in [-0.2, -0.15) is 4.98 Å². The van der Waals surface area contributed by atoms with Crippen LogP contribution in [0.1, 0.15) is 54.6 Å². The molecule has 5 rings (SSSR count). The molecule has 4 aromatic heterocycles. The van der Waals surface area contributed by atoms with Crippen molar-refractivity contribution >= 4 is 39.5 Å². The third-order valence-corrected chi connectivity index (χ3v) is 5.98. The smallest absolute Gasteiger partial charge is 0.263 e. The number of rotatable bonds is 4. The van der Waals surface area contributed by atoms with E-state index >= 15 is 0 Å². The molecule has 31 heavy (non-hydrogen) atoms. The number of hydrogen-bond acceptors (Lipinski definition) is 7. The van der Waals surface area contributed by atoms with Crippen molar-refractivity contribution in [1.82, 2.24) is 24.5 Å². The van der Waals surface area contributed by atoms with E-state index in [1.165, 1.54) is 6.92 Å². The number of nitrogens with one attached hydrogen (secondary N) is 1. The molecule has 4 aromatic rings. The van der Waals surface area contributed by atoms with Crippen LogP contribution in [-0.4, -0.2) is 30.3 Å². The third-order valence-electron chi connectivity index (χ3n) is 5.98. The summed E-state index contributed by atoms with van der Waals surface area (Å²) in [5.41, 5.74) is 1.97. The number of pyridine rings is 3. The number of fused-ring (bicyclic) bond motifs is 2. The molecule has 8 heteroatoms. The molecule has 0 aromatic carbocycles. The lowest BCUT2D eigenvalue weighted by Gasteiger charge is -2.19. The molecule has 0 amide bonds. The Morgan fingerprint density at radius 1 is 1.13 bits per heavy atom. The van der Waals surface area contributed by atoms with Gasteiger partial charge in [0.15, 0.2) is 5.78 Å². The highest BCUT2D eigenvalue weighted by Gasteiger charge is 2.25. The molecule has 0 aliphatic heterocycles. The van der Waals surface area contributed by atoms with Crippen LogP contribution in [0.25, 0.3) is 21.9 Å². The lowest BCUT2D eigenvalue weighted by molar-refractivity contribution is 0.101. The molecule has 1 aliphatic carbocycles. The van der Waals surface area contributed by atoms with Crippen LogP contribution in [0.3, 0.4) is 0 Å². The highest BCUT2D eigenvalue weighted by molar-refractivity contribution is 5.99. The van der Waals surface area contributed by atoms with Crippen LogP contribution < -0.4 is 10.9 Å². The van der Waals surface area contributed by atoms with E-state index in [1.807, 2.05) is 18.2 Å². The van der Waals surface area contributed by atoms with Crippen LogP contribution >= 0.6 is 0 Å². The average Bonchev–Trinajstić information content (AvgIpc) is 3.28. The predicted molar refractivity (Wildman–Crippen MR) is 119 cm³/mol. The maximum Gasteiger partial charge on any atom is 0.263 e. The second-order valence-corrected chi connectivity index (χ2v) is 7.99. The first-order valence-corrected chi connectivity index (χ1v) is 10.4. The number of carbonyl (C=O) groups is 1. The summed E-state index contributed by atoms with van der Waals surface area (Å²) in [6.07, 6.45) is 9.07. The Morgan fingerprint density at radius 2 is 1.94 bits per heavy atom. The number of aryl methyl sites for hydroxylation is 1. The van der Waals surface area contributed by atoms with Gasteiger partial charge in [-0.25, -0.2) is 9.97 Å². The molecule has 0 unspecified atom stereocenters. The van der Waals surface area contributed by atoms with Crippen molar-refractivity contribution in [2.75, 3.05) is 5.32 Å². The monoisotopic (exact) mass is 414 g/mol. The van der Waals surface area contributed by atoms with Gasteiger partial charge in [0.25, 0.3) is 5.56 Å². The summed E-state index contributed by atoms with van der Waals surface area (Å²) >= 11 is 0. The summed E-state index contributed by atoms with van der Waals surface area (Å²) in [5, 5.41) is 4.81. The number of ketones is 1. The van der Waals surface area contributed by atoms with Crippen molar-refractivity contribution < 1.29 is 4.79 Å². The number of hydrogen-bond donors (Lipinski definition) is 1. The molecule has 1 aliphatic rings. The minimum absolute atomic E-state index is 0.0442. The second kappa shape index (κ2) is 7.54. The summed E-state index contributed by atoms with van der Waals surface area (Å²) < 4.78 is 1.71. The molecular formula is C23H22N6O2. The topological polar surface area (TPSA) is 103 Å². The van der Waals surface area contributed by atoms with E-state index in [0.29, 0.717) is 23.0 Å². The largest absolute Gasteiger partial charge is 0.309 e. The standard InChI is InChI=1S/C23H22N6O2/c1-13-17-12-25-23(27-19-8-7-15-11-24-10-9-18(15)26-19)28-21(17)29(16-5-3-4-6-16)22(31)20(13)14(2)30/h7-12,16H,3-6H2,1-2H3,(H,25,26,27,28). The fourth-order valence-corrected chi connectivity index (χ4v) is 4.46. The molecule has 1 saturated carbocycles. The Labute approximate surface area is 178 Å². The Balaban J connectivity index is 1.65. The van der Waals surface area contributed by atoms with Crippen molar-refractivity contribution in [3.8, 4) is 0 Å². The van der Waals surface area contributed by atoms with Crippen molar-refractivity contribution in [2.45, 2.75) is 45.6 Å². The van der Waals surface area contributed by atoms with Crippen molar-refractivity contribution in [1.29, 1.82) is 0 Å². The van der Waals surface area contributed by atoms with E-state index < -0.39 is 0 Å². The molecule has 0 saturated heterocycles. The van der Waals surface area contributed by atoms with Crippen LogP contribution in [0.4, 0.5) is 11.8 Å². The maximum atomic E-state index is 13.3. The van der Waals surface area contributed by atoms with Crippen molar-refractivity contribution in [2.24, 2.45) is 0 Å². The third kappa shape index (κ3) is 3.34. The number of aromatic nitrogens is 5. The number of anilines is 2. The molecule has 0 bridgehead atoms. The number of Topliss-reactive ketones (excluding diaryl/α,β-unsaturated/α-hetero) is 1. The van der Waals surface area contributed by atoms with E-state index in [1.54, 1.807) is 30.1 Å². The summed E-state index contributed by atoms with van der Waals surface area (Å²) in [4.78, 5) is 43.3. The van der Waals surface area contributed by atoms with E-state index in [0.717, 1.165) is 42.0 Å². The first-order valence-electron chi connectivity index (χ1n) is 10.4. The Morgan fingerprint density at radius 3 is 2.71 bits per heavy atom. The van der Waals surface area contributed by atoms with Gasteiger partial charge in [0, 0.05) is 35.4 Å². The van der Waals surface area contributed by atoms with Gasteiger partial charge in [0.1, 0.15) is 11.5 Å². The van der Waals surface area contributed by atoms with Gasteiger partial charge >= 0.3 is 0 Å². The molecule has 156 valence electrons. The van der Waals surface area contributed by atoms with Crippen LogP contribution in [0.5, 0.6) is 0 Å². The van der Waals surface area contributed by atoms with Gasteiger partial charge in [0.05, 0.1) is 11.1 Å². The molecule has 0 radical (unpaired) electrons. The fraction of sp³-hybridized carbons (Fsp3) is 0.304. The zero-order valence-corrected chi connectivity index (χ0v) is 17.4. The first kappa shape index (κ1) is 19.3. The van der Waals surface area contributed by atoms with Crippen LogP contribution in [0, 0.1) is 6.92 Å². The molecule has 8 nitrogen and oxygen atoms in total. The van der Waals surface area contributed by atoms with Gasteiger partial charge in [-0.3, -0.25) is 19.1 Å². The van der Waals surface area contributed by atoms with Crippen molar-refractivity contribution in [3.05, 3.63) is 58.3 Å². The first-order chi connectivity index (χ1) is 15.0. The van der Waals surface area contributed by atoms with E-state index in [2.05, 4.69) is 20.3 Å². The van der Waals surface area contributed by atoms with Crippen molar-refractivity contribution in [3.63, 3.8) is 0 Å². The zero-order chi connectivity index (χ0) is 21.5. The lowest BCUT2D eigenvalue weighted by Crippen LogP contribution is -2.30. The zero-order valence-electron chi connectivity index (χ0n) is 17.4. The van der Waals surface area contributed by atoms with Gasteiger partial charge in [-0.15, -0.1) is 0 Å². The summed E-state index contributed by atoms with van der Waals surface area (Å²) in [6.45, 7) is 3.22. The highest BCUT2D eigenvalue weighted by atomic mass is 16.1. The quantitative estimate of drug-likeness (QED) is 0.501. The molecule has 4 heterocycles. The van der Waals surface area contributed by atoms with E-state index in [9.17, 15) is 9.59 Å². The van der Waals surface area contributed by atoms with E-state index in [-0.39, 0.29) is 22.9 Å². The summed E-state index contributed by atoms with van der Waals surface area (Å²) in [5.74, 6) is 0.729. The lowest BCUT2D eigenvalue weighted by atomic mass is 10.0. The molecule has 1 N–H and O–H groups in total. The minimum Gasteiger partial charge on any atom is -0.309 e. The van der Waals surface area contributed by atoms with Crippen LogP contribution in [-0.2, 0) is 0 Å². The summed E-state index contributed by atoms with van der Waals surface area (Å²) in [7, 11) is 0. The molecule has 0 spiro atoms. The molecule has 1 fully saturated rings. The fourth-order valence-electron chi connectivity index (χ4n) is 4.46. The predicted octanol–water partition coefficient (Wildman–Crippen LogP) is 4.10. The van der Waals surface area contributed by atoms with Crippen LogP contribution in [0.15, 0.2) is 41.6 Å². The Hall–Kier alpha value is -3.68. The molecule has 0 atom stereocenters. The average molecular weight is 414 g/mol. The Kier molecular flexibility index (Phi) is 4.69. The van der Waals surface area contributed by atoms with Gasteiger partial charge in [-0.1, -0.05) is 12.8 Å². The van der Waals surface area contributed by atoms with Crippen LogP contribution in [0.2, 0.25) is 0 Å². The SMILES string of the molecule is CC(=O)c1c(C)c2cnc(Nc3ccc4cnccc4n3)nc2n(C2CCCC2)c1=O. The maximum absolute atomic E-state index is 13.3. The number of carbonyl (C=O) groups excluding carboxylic acids is 1. The normalized spacial score (nSPS) is 14.4. The van der Waals surface area contributed by atoms with Gasteiger partial charge in [0.2, 0.25) is 5.95 Å². The highest BCUT2D eigenvalue weighted by Crippen LogP contribution is 2.32. The van der Waals surface area contributed by atoms with E-state index in [4.69, 9.17) is 4.98 Å². The molecular weight excluding hydrogens is 392 g/mol. The van der Waals surface area contributed by atoms with Gasteiger partial charge in [-0.05, 0) is 50.5 Å². The minimum atomic E-state index is -0.259. The number of nitrogens with zero attached hydrogens (tertiary/aromatic N) is 5. The Bertz CT molecular complexity index is 1390. The van der Waals surface area contributed by atoms with Gasteiger partial charge < -0.3 is 5.32 Å². The summed E-state index contributed by atoms with van der Waals surface area (Å²) in [6, 6.07) is 5.65. The second-order valence-electron chi connectivity index (χ2n) is 7.99.